The van der Waals surface area contributed by atoms with Crippen LogP contribution in [0.3, 0.4) is 0 Å². The molecule has 4 N–H and O–H groups in total. The van der Waals surface area contributed by atoms with Crippen molar-refractivity contribution < 1.29 is 8.78 Å². The van der Waals surface area contributed by atoms with E-state index in [1.165, 1.54) is 12.1 Å². The number of anilines is 2. The zero-order valence-corrected chi connectivity index (χ0v) is 16.3. The van der Waals surface area contributed by atoms with E-state index in [4.69, 9.17) is 5.73 Å². The summed E-state index contributed by atoms with van der Waals surface area (Å²) < 4.78 is 28.7. The highest BCUT2D eigenvalue weighted by molar-refractivity contribution is 5.87. The first-order valence-corrected chi connectivity index (χ1v) is 9.43. The summed E-state index contributed by atoms with van der Waals surface area (Å²) in [5.41, 5.74) is 8.18. The number of halogens is 2. The average molecular weight is 409 g/mol. The molecule has 4 rings (SSSR count). The van der Waals surface area contributed by atoms with E-state index in [1.54, 1.807) is 17.9 Å². The van der Waals surface area contributed by atoms with Gasteiger partial charge in [-0.3, -0.25) is 4.68 Å². The van der Waals surface area contributed by atoms with Crippen LogP contribution in [0.25, 0.3) is 11.0 Å². The lowest BCUT2D eigenvalue weighted by molar-refractivity contribution is 0.574. The molecule has 0 bridgehead atoms. The summed E-state index contributed by atoms with van der Waals surface area (Å²) in [6, 6.07) is 13.0. The third-order valence-corrected chi connectivity index (χ3v) is 4.76. The van der Waals surface area contributed by atoms with Gasteiger partial charge in [-0.15, -0.1) is 0 Å². The third-order valence-electron chi connectivity index (χ3n) is 4.76. The lowest BCUT2D eigenvalue weighted by Crippen LogP contribution is -2.21. The molecule has 0 amide bonds. The molecular formula is C21H21F2N7. The van der Waals surface area contributed by atoms with Crippen molar-refractivity contribution in [3.8, 4) is 0 Å². The van der Waals surface area contributed by atoms with Gasteiger partial charge >= 0.3 is 0 Å². The van der Waals surface area contributed by atoms with E-state index in [0.29, 0.717) is 34.9 Å². The highest BCUT2D eigenvalue weighted by atomic mass is 19.1. The van der Waals surface area contributed by atoms with E-state index in [9.17, 15) is 8.78 Å². The Morgan fingerprint density at radius 3 is 2.63 bits per heavy atom. The maximum atomic E-state index is 14.0. The summed E-state index contributed by atoms with van der Waals surface area (Å²) >= 11 is 0. The average Bonchev–Trinajstić information content (AvgIpc) is 3.13. The maximum Gasteiger partial charge on any atom is 0.226 e. The Morgan fingerprint density at radius 2 is 1.87 bits per heavy atom. The van der Waals surface area contributed by atoms with Crippen molar-refractivity contribution in [1.82, 2.24) is 19.7 Å². The highest BCUT2D eigenvalue weighted by Gasteiger charge is 2.14. The predicted octanol–water partition coefficient (Wildman–Crippen LogP) is 3.37. The summed E-state index contributed by atoms with van der Waals surface area (Å²) in [4.78, 5) is 9.01. The van der Waals surface area contributed by atoms with Crippen LogP contribution in [0.5, 0.6) is 0 Å². The molecule has 0 saturated heterocycles. The van der Waals surface area contributed by atoms with Crippen LogP contribution in [0.15, 0.2) is 54.7 Å². The number of benzene rings is 2. The van der Waals surface area contributed by atoms with Gasteiger partial charge in [0.05, 0.1) is 11.6 Å². The van der Waals surface area contributed by atoms with E-state index in [-0.39, 0.29) is 12.6 Å². The molecule has 0 aliphatic carbocycles. The SMILES string of the molecule is Cn1ncc2c(NCc3ccc(F)cc3F)nc(NCC(N)c3ccccc3)nc21. The highest BCUT2D eigenvalue weighted by Crippen LogP contribution is 2.23. The number of fused-ring (bicyclic) bond motifs is 1. The van der Waals surface area contributed by atoms with Gasteiger partial charge in [0, 0.05) is 37.8 Å². The van der Waals surface area contributed by atoms with Crippen LogP contribution >= 0.6 is 0 Å². The minimum Gasteiger partial charge on any atom is -0.365 e. The van der Waals surface area contributed by atoms with Crippen molar-refractivity contribution in [2.24, 2.45) is 12.8 Å². The van der Waals surface area contributed by atoms with E-state index in [0.717, 1.165) is 11.6 Å². The molecule has 0 aliphatic heterocycles. The van der Waals surface area contributed by atoms with Crippen molar-refractivity contribution >= 4 is 22.8 Å². The van der Waals surface area contributed by atoms with Gasteiger partial charge in [0.2, 0.25) is 5.95 Å². The molecule has 1 atom stereocenters. The maximum absolute atomic E-state index is 14.0. The van der Waals surface area contributed by atoms with Crippen molar-refractivity contribution in [3.05, 3.63) is 77.5 Å². The lowest BCUT2D eigenvalue weighted by Gasteiger charge is -2.14. The summed E-state index contributed by atoms with van der Waals surface area (Å²) in [6.07, 6.45) is 1.64. The van der Waals surface area contributed by atoms with Crippen LogP contribution in [0, 0.1) is 11.6 Å². The smallest absolute Gasteiger partial charge is 0.226 e. The summed E-state index contributed by atoms with van der Waals surface area (Å²) in [6.45, 7) is 0.565. The van der Waals surface area contributed by atoms with Crippen LogP contribution in [0.2, 0.25) is 0 Å². The van der Waals surface area contributed by atoms with Crippen molar-refractivity contribution in [3.63, 3.8) is 0 Å². The first-order valence-electron chi connectivity index (χ1n) is 9.43. The molecule has 9 heteroatoms. The molecule has 0 saturated carbocycles. The lowest BCUT2D eigenvalue weighted by atomic mass is 10.1. The number of aromatic nitrogens is 4. The number of aryl methyl sites for hydroxylation is 1. The first kappa shape index (κ1) is 19.7. The van der Waals surface area contributed by atoms with Gasteiger partial charge in [-0.05, 0) is 11.6 Å². The fraction of sp³-hybridized carbons (Fsp3) is 0.190. The van der Waals surface area contributed by atoms with Crippen LogP contribution in [0.4, 0.5) is 20.5 Å². The summed E-state index contributed by atoms with van der Waals surface area (Å²) in [5, 5.41) is 11.2. The number of rotatable bonds is 7. The van der Waals surface area contributed by atoms with Gasteiger partial charge in [0.25, 0.3) is 0 Å². The van der Waals surface area contributed by atoms with Gasteiger partial charge in [0.1, 0.15) is 17.5 Å². The Kier molecular flexibility index (Phi) is 5.53. The zero-order valence-electron chi connectivity index (χ0n) is 16.3. The second kappa shape index (κ2) is 8.42. The van der Waals surface area contributed by atoms with Crippen LogP contribution in [-0.2, 0) is 13.6 Å². The molecule has 2 aromatic carbocycles. The number of nitrogens with one attached hydrogen (secondary N) is 2. The number of nitrogens with zero attached hydrogens (tertiary/aromatic N) is 4. The summed E-state index contributed by atoms with van der Waals surface area (Å²) in [7, 11) is 1.78. The molecule has 0 fully saturated rings. The third kappa shape index (κ3) is 4.20. The first-order chi connectivity index (χ1) is 14.5. The number of nitrogens with two attached hydrogens (primary N) is 1. The van der Waals surface area contributed by atoms with Gasteiger partial charge in [0.15, 0.2) is 5.65 Å². The van der Waals surface area contributed by atoms with Gasteiger partial charge in [-0.2, -0.15) is 15.1 Å². The van der Waals surface area contributed by atoms with Gasteiger partial charge in [-0.25, -0.2) is 8.78 Å². The molecule has 0 spiro atoms. The predicted molar refractivity (Wildman–Crippen MR) is 112 cm³/mol. The van der Waals surface area contributed by atoms with Crippen LogP contribution < -0.4 is 16.4 Å². The van der Waals surface area contributed by atoms with Gasteiger partial charge in [-0.1, -0.05) is 36.4 Å². The monoisotopic (exact) mass is 409 g/mol. The topological polar surface area (TPSA) is 93.7 Å². The number of hydrogen-bond donors (Lipinski definition) is 3. The fourth-order valence-electron chi connectivity index (χ4n) is 3.10. The molecule has 2 heterocycles. The largest absolute Gasteiger partial charge is 0.365 e. The molecule has 2 aromatic heterocycles. The van der Waals surface area contributed by atoms with Crippen LogP contribution in [-0.4, -0.2) is 26.3 Å². The molecular weight excluding hydrogens is 388 g/mol. The van der Waals surface area contributed by atoms with Crippen molar-refractivity contribution in [1.29, 1.82) is 0 Å². The zero-order chi connectivity index (χ0) is 21.1. The Labute approximate surface area is 172 Å². The number of hydrogen-bond acceptors (Lipinski definition) is 6. The van der Waals surface area contributed by atoms with Crippen molar-refractivity contribution in [2.75, 3.05) is 17.2 Å². The molecule has 7 nitrogen and oxygen atoms in total. The Balaban J connectivity index is 1.55. The van der Waals surface area contributed by atoms with Crippen LogP contribution in [0.1, 0.15) is 17.2 Å². The Morgan fingerprint density at radius 1 is 1.07 bits per heavy atom. The van der Waals surface area contributed by atoms with Gasteiger partial charge < -0.3 is 16.4 Å². The molecule has 154 valence electrons. The standard InChI is InChI=1S/C21H21F2N7/c1-30-20-16(11-27-30)19(25-10-14-7-8-15(22)9-17(14)23)28-21(29-20)26-12-18(24)13-5-3-2-4-6-13/h2-9,11,18H,10,12,24H2,1H3,(H2,25,26,28,29). The molecule has 1 unspecified atom stereocenters. The summed E-state index contributed by atoms with van der Waals surface area (Å²) in [5.74, 6) is -0.368. The Bertz CT molecular complexity index is 1160. The normalized spacial score (nSPS) is 12.1. The quantitative estimate of drug-likeness (QED) is 0.433. The molecule has 30 heavy (non-hydrogen) atoms. The molecule has 4 aromatic rings. The second-order valence-corrected chi connectivity index (χ2v) is 6.89. The van der Waals surface area contributed by atoms with E-state index in [1.807, 2.05) is 30.3 Å². The van der Waals surface area contributed by atoms with E-state index < -0.39 is 11.6 Å². The second-order valence-electron chi connectivity index (χ2n) is 6.89. The molecule has 0 radical (unpaired) electrons. The van der Waals surface area contributed by atoms with Crippen molar-refractivity contribution in [2.45, 2.75) is 12.6 Å². The van der Waals surface area contributed by atoms with E-state index in [2.05, 4.69) is 25.7 Å². The molecule has 0 aliphatic rings. The minimum atomic E-state index is -0.619. The minimum absolute atomic E-state index is 0.135. The fourth-order valence-corrected chi connectivity index (χ4v) is 3.10. The van der Waals surface area contributed by atoms with E-state index >= 15 is 0 Å². The Hall–Kier alpha value is -3.59.